The highest BCUT2D eigenvalue weighted by Gasteiger charge is 2.15. The lowest BCUT2D eigenvalue weighted by Gasteiger charge is -1.99. The molecule has 0 atom stereocenters. The number of halogens is 2. The Morgan fingerprint density at radius 1 is 1.20 bits per heavy atom. The summed E-state index contributed by atoms with van der Waals surface area (Å²) in [5.41, 5.74) is 0.667. The van der Waals surface area contributed by atoms with E-state index in [4.69, 9.17) is 4.42 Å². The zero-order chi connectivity index (χ0) is 10.8. The van der Waals surface area contributed by atoms with Crippen LogP contribution in [0, 0.1) is 3.57 Å². The summed E-state index contributed by atoms with van der Waals surface area (Å²) in [5, 5.41) is 0. The van der Waals surface area contributed by atoms with Crippen LogP contribution in [0.15, 0.2) is 45.5 Å². The standard InChI is InChI=1S/C11H6BrIO2/c12-10-6-5-9(15-10)11(14)7-3-1-2-4-8(7)13/h1-6H. The van der Waals surface area contributed by atoms with Crippen molar-refractivity contribution < 1.29 is 9.21 Å². The molecule has 0 spiro atoms. The Labute approximate surface area is 109 Å². The van der Waals surface area contributed by atoms with Crippen molar-refractivity contribution in [1.82, 2.24) is 0 Å². The molecule has 0 bridgehead atoms. The molecule has 1 aromatic heterocycles. The quantitative estimate of drug-likeness (QED) is 0.588. The average Bonchev–Trinajstić information content (AvgIpc) is 2.65. The molecule has 2 aromatic rings. The van der Waals surface area contributed by atoms with Gasteiger partial charge in [-0.25, -0.2) is 0 Å². The molecule has 0 saturated carbocycles. The van der Waals surface area contributed by atoms with Crippen LogP contribution >= 0.6 is 38.5 Å². The number of hydrogen-bond donors (Lipinski definition) is 0. The number of rotatable bonds is 2. The van der Waals surface area contributed by atoms with Crippen LogP contribution in [0.1, 0.15) is 16.1 Å². The first-order chi connectivity index (χ1) is 7.18. The fourth-order valence-corrected chi connectivity index (χ4v) is 2.15. The Balaban J connectivity index is 2.41. The molecule has 0 aliphatic carbocycles. The molecular weight excluding hydrogens is 371 g/mol. The molecule has 15 heavy (non-hydrogen) atoms. The predicted octanol–water partition coefficient (Wildman–Crippen LogP) is 3.88. The van der Waals surface area contributed by atoms with Gasteiger partial charge in [-0.1, -0.05) is 12.1 Å². The van der Waals surface area contributed by atoms with Crippen LogP contribution in [0.5, 0.6) is 0 Å². The van der Waals surface area contributed by atoms with Crippen molar-refractivity contribution in [2.75, 3.05) is 0 Å². The number of carbonyl (C=O) groups excluding carboxylic acids is 1. The molecule has 76 valence electrons. The van der Waals surface area contributed by atoms with Crippen molar-refractivity contribution in [2.45, 2.75) is 0 Å². The second kappa shape index (κ2) is 4.49. The highest BCUT2D eigenvalue weighted by atomic mass is 127. The van der Waals surface area contributed by atoms with E-state index in [0.717, 1.165) is 3.57 Å². The molecule has 0 fully saturated rings. The van der Waals surface area contributed by atoms with Crippen molar-refractivity contribution in [3.63, 3.8) is 0 Å². The number of carbonyl (C=O) groups is 1. The smallest absolute Gasteiger partial charge is 0.229 e. The molecule has 0 amide bonds. The van der Waals surface area contributed by atoms with Gasteiger partial charge in [0, 0.05) is 9.13 Å². The van der Waals surface area contributed by atoms with Gasteiger partial charge in [0.1, 0.15) is 0 Å². The predicted molar refractivity (Wildman–Crippen MR) is 69.0 cm³/mol. The van der Waals surface area contributed by atoms with Crippen LogP contribution < -0.4 is 0 Å². The van der Waals surface area contributed by atoms with Crippen molar-refractivity contribution in [1.29, 1.82) is 0 Å². The van der Waals surface area contributed by atoms with Gasteiger partial charge in [0.2, 0.25) is 5.78 Å². The Morgan fingerprint density at radius 2 is 1.93 bits per heavy atom. The molecule has 0 aliphatic heterocycles. The molecule has 1 aromatic carbocycles. The van der Waals surface area contributed by atoms with E-state index in [1.165, 1.54) is 0 Å². The van der Waals surface area contributed by atoms with Crippen molar-refractivity contribution in [2.24, 2.45) is 0 Å². The van der Waals surface area contributed by atoms with Crippen molar-refractivity contribution in [3.05, 3.63) is 56.0 Å². The summed E-state index contributed by atoms with van der Waals surface area (Å²) in [4.78, 5) is 12.0. The van der Waals surface area contributed by atoms with Gasteiger partial charge in [-0.15, -0.1) is 0 Å². The zero-order valence-electron chi connectivity index (χ0n) is 7.54. The summed E-state index contributed by atoms with van der Waals surface area (Å²) in [6.07, 6.45) is 0. The molecule has 0 saturated heterocycles. The van der Waals surface area contributed by atoms with Crippen LogP contribution in [0.3, 0.4) is 0 Å². The van der Waals surface area contributed by atoms with E-state index < -0.39 is 0 Å². The minimum absolute atomic E-state index is 0.0919. The second-order valence-corrected chi connectivity index (χ2v) is 4.86. The van der Waals surface area contributed by atoms with E-state index in [-0.39, 0.29) is 5.78 Å². The van der Waals surface area contributed by atoms with Gasteiger partial charge >= 0.3 is 0 Å². The first-order valence-electron chi connectivity index (χ1n) is 4.23. The van der Waals surface area contributed by atoms with E-state index in [9.17, 15) is 4.79 Å². The lowest BCUT2D eigenvalue weighted by Crippen LogP contribution is -2.01. The van der Waals surface area contributed by atoms with Crippen LogP contribution in [0.25, 0.3) is 0 Å². The van der Waals surface area contributed by atoms with E-state index in [1.54, 1.807) is 18.2 Å². The number of furan rings is 1. The zero-order valence-corrected chi connectivity index (χ0v) is 11.3. The molecule has 0 unspecified atom stereocenters. The fraction of sp³-hybridized carbons (Fsp3) is 0. The highest BCUT2D eigenvalue weighted by Crippen LogP contribution is 2.20. The maximum Gasteiger partial charge on any atom is 0.229 e. The first kappa shape index (κ1) is 10.9. The second-order valence-electron chi connectivity index (χ2n) is 2.91. The minimum Gasteiger partial charge on any atom is -0.446 e. The molecule has 0 aliphatic rings. The monoisotopic (exact) mass is 376 g/mol. The lowest BCUT2D eigenvalue weighted by atomic mass is 10.1. The van der Waals surface area contributed by atoms with Gasteiger partial charge in [-0.3, -0.25) is 4.79 Å². The maximum atomic E-state index is 12.0. The highest BCUT2D eigenvalue weighted by molar-refractivity contribution is 14.1. The van der Waals surface area contributed by atoms with E-state index in [0.29, 0.717) is 16.0 Å². The van der Waals surface area contributed by atoms with Crippen molar-refractivity contribution >= 4 is 44.3 Å². The van der Waals surface area contributed by atoms with Gasteiger partial charge in [0.05, 0.1) is 0 Å². The van der Waals surface area contributed by atoms with Crippen LogP contribution in [0.2, 0.25) is 0 Å². The Hall–Kier alpha value is -0.620. The van der Waals surface area contributed by atoms with E-state index in [1.807, 2.05) is 18.2 Å². The van der Waals surface area contributed by atoms with Crippen LogP contribution in [-0.2, 0) is 0 Å². The number of hydrogen-bond acceptors (Lipinski definition) is 2. The average molecular weight is 377 g/mol. The Morgan fingerprint density at radius 3 is 2.53 bits per heavy atom. The molecular formula is C11H6BrIO2. The minimum atomic E-state index is -0.0919. The third kappa shape index (κ3) is 2.31. The van der Waals surface area contributed by atoms with Crippen molar-refractivity contribution in [3.8, 4) is 0 Å². The van der Waals surface area contributed by atoms with Crippen LogP contribution in [-0.4, -0.2) is 5.78 Å². The number of ketones is 1. The van der Waals surface area contributed by atoms with Gasteiger partial charge < -0.3 is 4.42 Å². The van der Waals surface area contributed by atoms with Gasteiger partial charge in [-0.2, -0.15) is 0 Å². The fourth-order valence-electron chi connectivity index (χ4n) is 1.21. The largest absolute Gasteiger partial charge is 0.446 e. The Kier molecular flexibility index (Phi) is 3.25. The van der Waals surface area contributed by atoms with Gasteiger partial charge in [-0.05, 0) is 62.8 Å². The summed E-state index contributed by atoms with van der Waals surface area (Å²) in [7, 11) is 0. The first-order valence-corrected chi connectivity index (χ1v) is 6.10. The summed E-state index contributed by atoms with van der Waals surface area (Å²) in [6, 6.07) is 10.8. The Bertz CT molecular complexity index is 505. The summed E-state index contributed by atoms with van der Waals surface area (Å²) in [5.74, 6) is 0.261. The van der Waals surface area contributed by atoms with Crippen LogP contribution in [0.4, 0.5) is 0 Å². The SMILES string of the molecule is O=C(c1ccc(Br)o1)c1ccccc1I. The third-order valence-electron chi connectivity index (χ3n) is 1.92. The van der Waals surface area contributed by atoms with Gasteiger partial charge in [0.25, 0.3) is 0 Å². The maximum absolute atomic E-state index is 12.0. The summed E-state index contributed by atoms with van der Waals surface area (Å²) < 4.78 is 6.71. The molecule has 1 heterocycles. The normalized spacial score (nSPS) is 10.3. The topological polar surface area (TPSA) is 30.2 Å². The summed E-state index contributed by atoms with van der Waals surface area (Å²) >= 11 is 5.31. The molecule has 0 radical (unpaired) electrons. The summed E-state index contributed by atoms with van der Waals surface area (Å²) in [6.45, 7) is 0. The molecule has 4 heteroatoms. The van der Waals surface area contributed by atoms with E-state index in [2.05, 4.69) is 38.5 Å². The third-order valence-corrected chi connectivity index (χ3v) is 3.28. The molecule has 0 N–H and O–H groups in total. The lowest BCUT2D eigenvalue weighted by molar-refractivity contribution is 0.101. The van der Waals surface area contributed by atoms with E-state index >= 15 is 0 Å². The van der Waals surface area contributed by atoms with Gasteiger partial charge in [0.15, 0.2) is 10.4 Å². The molecule has 2 rings (SSSR count). The number of benzene rings is 1. The molecule has 2 nitrogen and oxygen atoms in total.